The Hall–Kier alpha value is -1.06. The van der Waals surface area contributed by atoms with Crippen molar-refractivity contribution in [3.63, 3.8) is 0 Å². The molecule has 0 radical (unpaired) electrons. The summed E-state index contributed by atoms with van der Waals surface area (Å²) in [6.07, 6.45) is 4.12. The van der Waals surface area contributed by atoms with Gasteiger partial charge in [0.15, 0.2) is 0 Å². The summed E-state index contributed by atoms with van der Waals surface area (Å²) < 4.78 is 5.08. The molecule has 1 saturated carbocycles. The number of nitrogens with one attached hydrogen (secondary N) is 1. The lowest BCUT2D eigenvalue weighted by atomic mass is 10.1. The molecular formula is C13H23NO3. The van der Waals surface area contributed by atoms with Gasteiger partial charge in [-0.15, -0.1) is 0 Å². The predicted molar refractivity (Wildman–Crippen MR) is 65.4 cm³/mol. The molecule has 98 valence electrons. The van der Waals surface area contributed by atoms with Gasteiger partial charge in [-0.2, -0.15) is 0 Å². The van der Waals surface area contributed by atoms with Gasteiger partial charge in [0.25, 0.3) is 0 Å². The van der Waals surface area contributed by atoms with Gasteiger partial charge in [-0.1, -0.05) is 26.7 Å². The van der Waals surface area contributed by atoms with Crippen molar-refractivity contribution in [2.45, 2.75) is 52.5 Å². The molecule has 1 N–H and O–H groups in total. The van der Waals surface area contributed by atoms with E-state index in [4.69, 9.17) is 4.74 Å². The number of amides is 1. The van der Waals surface area contributed by atoms with Crippen molar-refractivity contribution in [1.82, 2.24) is 5.32 Å². The first-order chi connectivity index (χ1) is 8.00. The van der Waals surface area contributed by atoms with E-state index in [2.05, 4.69) is 5.32 Å². The fraction of sp³-hybridized carbons (Fsp3) is 0.846. The van der Waals surface area contributed by atoms with E-state index in [1.165, 1.54) is 0 Å². The minimum atomic E-state index is -0.540. The Bertz CT molecular complexity index is 270. The highest BCUT2D eigenvalue weighted by Gasteiger charge is 2.25. The molecule has 1 atom stereocenters. The third-order valence-corrected chi connectivity index (χ3v) is 3.00. The summed E-state index contributed by atoms with van der Waals surface area (Å²) in [5, 5.41) is 2.73. The minimum Gasteiger partial charge on any atom is -0.464 e. The van der Waals surface area contributed by atoms with E-state index in [0.29, 0.717) is 12.5 Å². The van der Waals surface area contributed by atoms with Crippen LogP contribution in [0.1, 0.15) is 46.5 Å². The van der Waals surface area contributed by atoms with Gasteiger partial charge < -0.3 is 10.1 Å². The molecule has 0 unspecified atom stereocenters. The van der Waals surface area contributed by atoms with E-state index in [-0.39, 0.29) is 17.8 Å². The van der Waals surface area contributed by atoms with Crippen LogP contribution in [0.25, 0.3) is 0 Å². The summed E-state index contributed by atoms with van der Waals surface area (Å²) >= 11 is 0. The molecule has 0 aromatic carbocycles. The quantitative estimate of drug-likeness (QED) is 0.748. The predicted octanol–water partition coefficient (Wildman–Crippen LogP) is 1.88. The van der Waals surface area contributed by atoms with Crippen molar-refractivity contribution >= 4 is 11.9 Å². The molecular weight excluding hydrogens is 218 g/mol. The molecule has 0 saturated heterocycles. The monoisotopic (exact) mass is 241 g/mol. The van der Waals surface area contributed by atoms with Gasteiger partial charge in [0, 0.05) is 5.92 Å². The maximum absolute atomic E-state index is 11.8. The molecule has 0 spiro atoms. The molecule has 1 amide bonds. The summed E-state index contributed by atoms with van der Waals surface area (Å²) in [5.41, 5.74) is 0. The van der Waals surface area contributed by atoms with Crippen molar-refractivity contribution in [3.8, 4) is 0 Å². The number of hydrogen-bond donors (Lipinski definition) is 1. The van der Waals surface area contributed by atoms with Crippen LogP contribution in [0, 0.1) is 11.8 Å². The lowest BCUT2D eigenvalue weighted by Gasteiger charge is -2.16. The summed E-state index contributed by atoms with van der Waals surface area (Å²) in [5.74, 6) is 0.0635. The molecule has 0 bridgehead atoms. The number of ether oxygens (including phenoxy) is 1. The van der Waals surface area contributed by atoms with Crippen LogP contribution in [0.2, 0.25) is 0 Å². The van der Waals surface area contributed by atoms with E-state index in [9.17, 15) is 9.59 Å². The highest BCUT2D eigenvalue weighted by atomic mass is 16.5. The Kier molecular flexibility index (Phi) is 5.45. The summed E-state index contributed by atoms with van der Waals surface area (Å²) in [7, 11) is 0. The average Bonchev–Trinajstić information content (AvgIpc) is 2.78. The first kappa shape index (κ1) is 14.0. The van der Waals surface area contributed by atoms with Crippen molar-refractivity contribution < 1.29 is 14.3 Å². The molecule has 17 heavy (non-hydrogen) atoms. The molecule has 0 aromatic rings. The third kappa shape index (κ3) is 4.75. The number of esters is 1. The van der Waals surface area contributed by atoms with E-state index in [0.717, 1.165) is 25.7 Å². The molecule has 0 aliphatic heterocycles. The van der Waals surface area contributed by atoms with Gasteiger partial charge in [-0.05, 0) is 25.7 Å². The van der Waals surface area contributed by atoms with Gasteiger partial charge in [0.05, 0.1) is 6.61 Å². The van der Waals surface area contributed by atoms with E-state index >= 15 is 0 Å². The zero-order valence-electron chi connectivity index (χ0n) is 11.0. The lowest BCUT2D eigenvalue weighted by molar-refractivity contribution is -0.148. The van der Waals surface area contributed by atoms with Gasteiger partial charge in [-0.3, -0.25) is 4.79 Å². The van der Waals surface area contributed by atoms with Gasteiger partial charge in [-0.25, -0.2) is 4.79 Å². The van der Waals surface area contributed by atoms with Crippen LogP contribution in [0.3, 0.4) is 0 Å². The molecule has 1 fully saturated rings. The molecule has 4 nitrogen and oxygen atoms in total. The second-order valence-corrected chi connectivity index (χ2v) is 5.24. The van der Waals surface area contributed by atoms with Crippen LogP contribution in [0.4, 0.5) is 0 Å². The Balaban J connectivity index is 2.29. The topological polar surface area (TPSA) is 55.4 Å². The van der Waals surface area contributed by atoms with Crippen LogP contribution >= 0.6 is 0 Å². The highest BCUT2D eigenvalue weighted by molar-refractivity contribution is 5.85. The molecule has 1 aliphatic rings. The average molecular weight is 241 g/mol. The van der Waals surface area contributed by atoms with E-state index < -0.39 is 6.04 Å². The SMILES string of the molecule is CC(C)COC(=O)[C@H](C)NC(=O)C1CCCC1. The Morgan fingerprint density at radius 2 is 1.82 bits per heavy atom. The van der Waals surface area contributed by atoms with Crippen molar-refractivity contribution in [1.29, 1.82) is 0 Å². The molecule has 4 heteroatoms. The number of carbonyl (C=O) groups is 2. The van der Waals surface area contributed by atoms with Crippen LogP contribution in [-0.4, -0.2) is 24.5 Å². The minimum absolute atomic E-state index is 0.00324. The Morgan fingerprint density at radius 3 is 2.35 bits per heavy atom. The van der Waals surface area contributed by atoms with Gasteiger partial charge >= 0.3 is 5.97 Å². The van der Waals surface area contributed by atoms with Crippen LogP contribution in [0.15, 0.2) is 0 Å². The number of rotatable bonds is 5. The van der Waals surface area contributed by atoms with E-state index in [1.54, 1.807) is 6.92 Å². The fourth-order valence-corrected chi connectivity index (χ4v) is 1.95. The lowest BCUT2D eigenvalue weighted by Crippen LogP contribution is -2.42. The fourth-order valence-electron chi connectivity index (χ4n) is 1.95. The zero-order valence-corrected chi connectivity index (χ0v) is 11.0. The Morgan fingerprint density at radius 1 is 1.24 bits per heavy atom. The van der Waals surface area contributed by atoms with Crippen LogP contribution in [0.5, 0.6) is 0 Å². The van der Waals surface area contributed by atoms with Crippen molar-refractivity contribution in [3.05, 3.63) is 0 Å². The smallest absolute Gasteiger partial charge is 0.328 e. The first-order valence-corrected chi connectivity index (χ1v) is 6.47. The summed E-state index contributed by atoms with van der Waals surface area (Å²) in [6, 6.07) is -0.540. The van der Waals surface area contributed by atoms with Crippen LogP contribution < -0.4 is 5.32 Å². The largest absolute Gasteiger partial charge is 0.464 e. The van der Waals surface area contributed by atoms with Crippen molar-refractivity contribution in [2.24, 2.45) is 11.8 Å². The third-order valence-electron chi connectivity index (χ3n) is 3.00. The van der Waals surface area contributed by atoms with Crippen LogP contribution in [-0.2, 0) is 14.3 Å². The maximum atomic E-state index is 11.8. The molecule has 0 aromatic heterocycles. The van der Waals surface area contributed by atoms with E-state index in [1.807, 2.05) is 13.8 Å². The van der Waals surface area contributed by atoms with Gasteiger partial charge in [0.1, 0.15) is 6.04 Å². The second-order valence-electron chi connectivity index (χ2n) is 5.24. The number of carbonyl (C=O) groups excluding carboxylic acids is 2. The summed E-state index contributed by atoms with van der Waals surface area (Å²) in [4.78, 5) is 23.3. The first-order valence-electron chi connectivity index (χ1n) is 6.47. The van der Waals surface area contributed by atoms with Crippen molar-refractivity contribution in [2.75, 3.05) is 6.61 Å². The normalized spacial score (nSPS) is 18.1. The summed E-state index contributed by atoms with van der Waals surface area (Å²) in [6.45, 7) is 6.04. The standard InChI is InChI=1S/C13H23NO3/c1-9(2)8-17-13(16)10(3)14-12(15)11-6-4-5-7-11/h9-11H,4-8H2,1-3H3,(H,14,15)/t10-/m0/s1. The maximum Gasteiger partial charge on any atom is 0.328 e. The second kappa shape index (κ2) is 6.62. The number of hydrogen-bond acceptors (Lipinski definition) is 3. The highest BCUT2D eigenvalue weighted by Crippen LogP contribution is 2.24. The van der Waals surface area contributed by atoms with Gasteiger partial charge in [0.2, 0.25) is 5.91 Å². The Labute approximate surface area is 103 Å². The zero-order chi connectivity index (χ0) is 12.8. The molecule has 1 aliphatic carbocycles. The molecule has 0 heterocycles. The molecule has 1 rings (SSSR count).